The summed E-state index contributed by atoms with van der Waals surface area (Å²) in [5.74, 6) is -0.0884. The molecule has 2 aromatic rings. The Kier molecular flexibility index (Phi) is 7.86. The van der Waals surface area contributed by atoms with E-state index in [9.17, 15) is 9.59 Å². The summed E-state index contributed by atoms with van der Waals surface area (Å²) in [6, 6.07) is 9.26. The maximum atomic E-state index is 12.8. The number of benzene rings is 1. The second-order valence-corrected chi connectivity index (χ2v) is 6.31. The maximum Gasteiger partial charge on any atom is 0.254 e. The molecule has 0 radical (unpaired) electrons. The van der Waals surface area contributed by atoms with Gasteiger partial charge in [0.15, 0.2) is 5.82 Å². The Morgan fingerprint density at radius 3 is 2.46 bits per heavy atom. The molecule has 2 amide bonds. The molecule has 1 N–H and O–H groups in total. The zero-order chi connectivity index (χ0) is 18.8. The van der Waals surface area contributed by atoms with Gasteiger partial charge in [0.2, 0.25) is 5.91 Å². The minimum Gasteiger partial charge on any atom is -0.363 e. The molecule has 0 aliphatic heterocycles. The first kappa shape index (κ1) is 19.7. The standard InChI is InChI=1S/C20H27N3O3/c1-3-5-6-7-16-8-10-17(11-9-16)20(25)23(13-4-2)15-19(24)21-18-12-14-26-22-18/h8-12,14H,3-7,13,15H2,1-2H3,(H,21,22,24). The first-order valence-electron chi connectivity index (χ1n) is 9.22. The number of amides is 2. The molecule has 1 heterocycles. The van der Waals surface area contributed by atoms with E-state index in [1.165, 1.54) is 24.7 Å². The summed E-state index contributed by atoms with van der Waals surface area (Å²) in [4.78, 5) is 26.5. The van der Waals surface area contributed by atoms with Crippen LogP contribution in [0.5, 0.6) is 0 Å². The van der Waals surface area contributed by atoms with E-state index in [1.54, 1.807) is 11.0 Å². The third-order valence-corrected chi connectivity index (χ3v) is 4.09. The average molecular weight is 357 g/mol. The summed E-state index contributed by atoms with van der Waals surface area (Å²) in [6.07, 6.45) is 6.75. The van der Waals surface area contributed by atoms with E-state index in [2.05, 4.69) is 21.9 Å². The Hall–Kier alpha value is -2.63. The van der Waals surface area contributed by atoms with Gasteiger partial charge >= 0.3 is 0 Å². The second-order valence-electron chi connectivity index (χ2n) is 6.31. The molecule has 1 aromatic heterocycles. The molecule has 0 fully saturated rings. The zero-order valence-electron chi connectivity index (χ0n) is 15.5. The molecule has 0 saturated heterocycles. The Labute approximate surface area is 154 Å². The number of hydrogen-bond donors (Lipinski definition) is 1. The molecule has 0 saturated carbocycles. The van der Waals surface area contributed by atoms with Crippen LogP contribution in [0.3, 0.4) is 0 Å². The molecule has 0 atom stereocenters. The molecule has 2 rings (SSSR count). The van der Waals surface area contributed by atoms with Gasteiger partial charge in [-0.2, -0.15) is 0 Å². The fourth-order valence-corrected chi connectivity index (χ4v) is 2.73. The Morgan fingerprint density at radius 1 is 1.08 bits per heavy atom. The van der Waals surface area contributed by atoms with Crippen molar-refractivity contribution in [3.8, 4) is 0 Å². The molecule has 0 spiro atoms. The lowest BCUT2D eigenvalue weighted by molar-refractivity contribution is -0.116. The normalized spacial score (nSPS) is 10.5. The van der Waals surface area contributed by atoms with Gasteiger partial charge < -0.3 is 14.7 Å². The van der Waals surface area contributed by atoms with Crippen molar-refractivity contribution in [3.63, 3.8) is 0 Å². The predicted molar refractivity (Wildman–Crippen MR) is 101 cm³/mol. The first-order chi connectivity index (χ1) is 12.6. The highest BCUT2D eigenvalue weighted by atomic mass is 16.5. The van der Waals surface area contributed by atoms with Crippen LogP contribution in [0, 0.1) is 0 Å². The van der Waals surface area contributed by atoms with E-state index in [4.69, 9.17) is 0 Å². The third kappa shape index (κ3) is 6.02. The molecule has 0 unspecified atom stereocenters. The van der Waals surface area contributed by atoms with Crippen LogP contribution in [0.4, 0.5) is 5.82 Å². The molecule has 0 aliphatic carbocycles. The second kappa shape index (κ2) is 10.4. The van der Waals surface area contributed by atoms with Gasteiger partial charge in [-0.25, -0.2) is 0 Å². The molecule has 140 valence electrons. The third-order valence-electron chi connectivity index (χ3n) is 4.09. The van der Waals surface area contributed by atoms with Crippen molar-refractivity contribution in [2.45, 2.75) is 46.0 Å². The number of aryl methyl sites for hydroxylation is 1. The SMILES string of the molecule is CCCCCc1ccc(C(=O)N(CCC)CC(=O)Nc2ccon2)cc1. The molecule has 0 aliphatic rings. The van der Waals surface area contributed by atoms with Gasteiger partial charge in [0, 0.05) is 18.2 Å². The molecule has 26 heavy (non-hydrogen) atoms. The monoisotopic (exact) mass is 357 g/mol. The largest absolute Gasteiger partial charge is 0.363 e. The van der Waals surface area contributed by atoms with Gasteiger partial charge in [0.05, 0.1) is 0 Å². The molecule has 6 heteroatoms. The molecule has 0 bridgehead atoms. The minimum atomic E-state index is -0.295. The fraction of sp³-hybridized carbons (Fsp3) is 0.450. The van der Waals surface area contributed by atoms with E-state index in [1.807, 2.05) is 31.2 Å². The predicted octanol–water partition coefficient (Wildman–Crippen LogP) is 3.90. The van der Waals surface area contributed by atoms with Crippen LogP contribution in [-0.4, -0.2) is 35.0 Å². The average Bonchev–Trinajstić information content (AvgIpc) is 3.14. The molecule has 6 nitrogen and oxygen atoms in total. The van der Waals surface area contributed by atoms with Gasteiger partial charge in [0.1, 0.15) is 12.8 Å². The molecule has 1 aromatic carbocycles. The fourth-order valence-electron chi connectivity index (χ4n) is 2.73. The topological polar surface area (TPSA) is 75.4 Å². The number of unbranched alkanes of at least 4 members (excludes halogenated alkanes) is 2. The van der Waals surface area contributed by atoms with Crippen LogP contribution >= 0.6 is 0 Å². The van der Waals surface area contributed by atoms with Crippen molar-refractivity contribution in [2.75, 3.05) is 18.4 Å². The van der Waals surface area contributed by atoms with E-state index in [0.717, 1.165) is 19.3 Å². The van der Waals surface area contributed by atoms with Crippen LogP contribution in [0.1, 0.15) is 55.5 Å². The number of hydrogen-bond acceptors (Lipinski definition) is 4. The lowest BCUT2D eigenvalue weighted by Crippen LogP contribution is -2.38. The Balaban J connectivity index is 1.96. The van der Waals surface area contributed by atoms with Crippen LogP contribution in [0.15, 0.2) is 41.1 Å². The number of rotatable bonds is 10. The van der Waals surface area contributed by atoms with Crippen molar-refractivity contribution in [2.24, 2.45) is 0 Å². The minimum absolute atomic E-state index is 0.0161. The van der Waals surface area contributed by atoms with E-state index < -0.39 is 0 Å². The molecular weight excluding hydrogens is 330 g/mol. The number of carbonyl (C=O) groups is 2. The van der Waals surface area contributed by atoms with Crippen molar-refractivity contribution in [1.82, 2.24) is 10.1 Å². The van der Waals surface area contributed by atoms with Crippen LogP contribution in [0.2, 0.25) is 0 Å². The number of anilines is 1. The van der Waals surface area contributed by atoms with Gasteiger partial charge in [-0.15, -0.1) is 0 Å². The highest BCUT2D eigenvalue weighted by Gasteiger charge is 2.18. The quantitative estimate of drug-likeness (QED) is 0.654. The van der Waals surface area contributed by atoms with Crippen LogP contribution < -0.4 is 5.32 Å². The highest BCUT2D eigenvalue weighted by Crippen LogP contribution is 2.12. The Bertz CT molecular complexity index is 681. The van der Waals surface area contributed by atoms with Crippen LogP contribution in [-0.2, 0) is 11.2 Å². The van der Waals surface area contributed by atoms with Crippen LogP contribution in [0.25, 0.3) is 0 Å². The summed E-state index contributed by atoms with van der Waals surface area (Å²) in [5.41, 5.74) is 1.84. The smallest absolute Gasteiger partial charge is 0.254 e. The number of carbonyl (C=O) groups excluding carboxylic acids is 2. The van der Waals surface area contributed by atoms with Gasteiger partial charge in [-0.3, -0.25) is 9.59 Å². The lowest BCUT2D eigenvalue weighted by atomic mass is 10.0. The lowest BCUT2D eigenvalue weighted by Gasteiger charge is -2.21. The summed E-state index contributed by atoms with van der Waals surface area (Å²) in [6.45, 7) is 4.66. The first-order valence-corrected chi connectivity index (χ1v) is 9.22. The van der Waals surface area contributed by atoms with Gasteiger partial charge in [-0.05, 0) is 37.0 Å². The van der Waals surface area contributed by atoms with E-state index in [-0.39, 0.29) is 18.4 Å². The van der Waals surface area contributed by atoms with Gasteiger partial charge in [0.25, 0.3) is 5.91 Å². The molecular formula is C20H27N3O3. The summed E-state index contributed by atoms with van der Waals surface area (Å²) >= 11 is 0. The van der Waals surface area contributed by atoms with Crippen molar-refractivity contribution < 1.29 is 14.1 Å². The Morgan fingerprint density at radius 2 is 1.85 bits per heavy atom. The zero-order valence-corrected chi connectivity index (χ0v) is 15.5. The summed E-state index contributed by atoms with van der Waals surface area (Å²) in [5, 5.41) is 6.26. The number of nitrogens with zero attached hydrogens (tertiary/aromatic N) is 2. The van der Waals surface area contributed by atoms with Crippen molar-refractivity contribution >= 4 is 17.6 Å². The summed E-state index contributed by atoms with van der Waals surface area (Å²) < 4.78 is 4.69. The van der Waals surface area contributed by atoms with Gasteiger partial charge in [-0.1, -0.05) is 44.0 Å². The number of nitrogens with one attached hydrogen (secondary N) is 1. The number of aromatic nitrogens is 1. The van der Waals surface area contributed by atoms with E-state index in [0.29, 0.717) is 17.9 Å². The van der Waals surface area contributed by atoms with Crippen molar-refractivity contribution in [3.05, 3.63) is 47.7 Å². The highest BCUT2D eigenvalue weighted by molar-refractivity contribution is 5.99. The maximum absolute atomic E-state index is 12.8. The summed E-state index contributed by atoms with van der Waals surface area (Å²) in [7, 11) is 0. The van der Waals surface area contributed by atoms with Crippen molar-refractivity contribution in [1.29, 1.82) is 0 Å². The van der Waals surface area contributed by atoms with E-state index >= 15 is 0 Å².